The lowest BCUT2D eigenvalue weighted by Gasteiger charge is -2.27. The van der Waals surface area contributed by atoms with Crippen LogP contribution in [0.1, 0.15) is 28.8 Å². The second-order valence-electron chi connectivity index (χ2n) is 5.04. The number of halogens is 1. The topological polar surface area (TPSA) is 46.3 Å². The monoisotopic (exact) mass is 310 g/mol. The third-order valence-electron chi connectivity index (χ3n) is 3.58. The molecule has 0 aromatic heterocycles. The molecule has 1 saturated carbocycles. The summed E-state index contributed by atoms with van der Waals surface area (Å²) in [4.78, 5) is 14.3. The molecule has 1 aromatic carbocycles. The van der Waals surface area contributed by atoms with Crippen LogP contribution in [0.25, 0.3) is 0 Å². The van der Waals surface area contributed by atoms with Gasteiger partial charge in [0, 0.05) is 24.1 Å². The highest BCUT2D eigenvalue weighted by molar-refractivity contribution is 9.10. The summed E-state index contributed by atoms with van der Waals surface area (Å²) in [5, 5.41) is 0. The lowest BCUT2D eigenvalue weighted by molar-refractivity contribution is 0.0717. The van der Waals surface area contributed by atoms with Crippen LogP contribution in [-0.2, 0) is 0 Å². The summed E-state index contributed by atoms with van der Waals surface area (Å²) in [6, 6.07) is 6.00. The average molecular weight is 311 g/mol. The number of hydrogen-bond donors (Lipinski definition) is 1. The number of amides is 1. The van der Waals surface area contributed by atoms with Crippen LogP contribution in [0.3, 0.4) is 0 Å². The van der Waals surface area contributed by atoms with E-state index in [2.05, 4.69) is 15.9 Å². The van der Waals surface area contributed by atoms with Crippen molar-refractivity contribution < 1.29 is 4.79 Å². The second kappa shape index (κ2) is 5.41. The van der Waals surface area contributed by atoms with Crippen LogP contribution in [0.2, 0.25) is 0 Å². The highest BCUT2D eigenvalue weighted by Gasteiger charge is 2.35. The molecule has 3 nitrogen and oxygen atoms in total. The molecular formula is C14H19BrN2O. The van der Waals surface area contributed by atoms with E-state index >= 15 is 0 Å². The summed E-state index contributed by atoms with van der Waals surface area (Å²) in [6.07, 6.45) is 2.38. The lowest BCUT2D eigenvalue weighted by Crippen LogP contribution is -2.43. The van der Waals surface area contributed by atoms with E-state index in [0.29, 0.717) is 12.5 Å². The van der Waals surface area contributed by atoms with Gasteiger partial charge in [0.25, 0.3) is 5.91 Å². The zero-order chi connectivity index (χ0) is 13.3. The maximum absolute atomic E-state index is 12.5. The molecule has 0 spiro atoms. The van der Waals surface area contributed by atoms with Gasteiger partial charge < -0.3 is 10.6 Å². The second-order valence-corrected chi connectivity index (χ2v) is 5.89. The Hall–Kier alpha value is -0.870. The molecule has 1 fully saturated rings. The van der Waals surface area contributed by atoms with Gasteiger partial charge in [0.1, 0.15) is 0 Å². The van der Waals surface area contributed by atoms with Crippen molar-refractivity contribution in [3.05, 3.63) is 33.8 Å². The first-order chi connectivity index (χ1) is 8.54. The summed E-state index contributed by atoms with van der Waals surface area (Å²) in [5.74, 6) is 0.639. The Morgan fingerprint density at radius 3 is 2.78 bits per heavy atom. The molecule has 18 heavy (non-hydrogen) atoms. The first kappa shape index (κ1) is 13.6. The molecule has 0 saturated heterocycles. The number of carbonyl (C=O) groups is 1. The Bertz CT molecular complexity index is 457. The number of benzene rings is 1. The third kappa shape index (κ3) is 2.75. The molecular weight excluding hydrogens is 292 g/mol. The molecule has 1 atom stereocenters. The van der Waals surface area contributed by atoms with E-state index < -0.39 is 0 Å². The first-order valence-electron chi connectivity index (χ1n) is 6.28. The molecule has 2 N–H and O–H groups in total. The molecule has 1 unspecified atom stereocenters. The van der Waals surface area contributed by atoms with Gasteiger partial charge in [-0.2, -0.15) is 0 Å². The number of carbonyl (C=O) groups excluding carboxylic acids is 1. The SMILES string of the molecule is Cc1ccc(Br)c(C(=O)N(C)C(CN)C2CC2)c1. The van der Waals surface area contributed by atoms with Crippen molar-refractivity contribution in [1.29, 1.82) is 0 Å². The third-order valence-corrected chi connectivity index (χ3v) is 4.27. The molecule has 98 valence electrons. The number of nitrogens with zero attached hydrogens (tertiary/aromatic N) is 1. The van der Waals surface area contributed by atoms with E-state index in [1.165, 1.54) is 12.8 Å². The highest BCUT2D eigenvalue weighted by Crippen LogP contribution is 2.35. The maximum Gasteiger partial charge on any atom is 0.255 e. The van der Waals surface area contributed by atoms with Crippen molar-refractivity contribution in [2.45, 2.75) is 25.8 Å². The summed E-state index contributed by atoms with van der Waals surface area (Å²) in [5.41, 5.74) is 7.60. The van der Waals surface area contributed by atoms with E-state index in [1.54, 1.807) is 4.90 Å². The molecule has 1 aromatic rings. The summed E-state index contributed by atoms with van der Waals surface area (Å²) in [6.45, 7) is 2.53. The highest BCUT2D eigenvalue weighted by atomic mass is 79.9. The van der Waals surface area contributed by atoms with E-state index in [1.807, 2.05) is 32.2 Å². The van der Waals surface area contributed by atoms with Crippen LogP contribution in [0.4, 0.5) is 0 Å². The smallest absolute Gasteiger partial charge is 0.255 e. The minimum absolute atomic E-state index is 0.0490. The van der Waals surface area contributed by atoms with Crippen molar-refractivity contribution >= 4 is 21.8 Å². The van der Waals surface area contributed by atoms with E-state index in [0.717, 1.165) is 15.6 Å². The van der Waals surface area contributed by atoms with Crippen molar-refractivity contribution in [2.24, 2.45) is 11.7 Å². The Balaban J connectivity index is 2.21. The van der Waals surface area contributed by atoms with Crippen LogP contribution >= 0.6 is 15.9 Å². The maximum atomic E-state index is 12.5. The summed E-state index contributed by atoms with van der Waals surface area (Å²) < 4.78 is 0.844. The Labute approximate surface area is 116 Å². The number of rotatable bonds is 4. The Kier molecular flexibility index (Phi) is 4.07. The van der Waals surface area contributed by atoms with Crippen LogP contribution in [0, 0.1) is 12.8 Å². The van der Waals surface area contributed by atoms with Crippen molar-refractivity contribution in [3.63, 3.8) is 0 Å². The predicted octanol–water partition coefficient (Wildman–Crippen LogP) is 2.57. The molecule has 0 aliphatic heterocycles. The van der Waals surface area contributed by atoms with Gasteiger partial charge >= 0.3 is 0 Å². The molecule has 1 amide bonds. The minimum Gasteiger partial charge on any atom is -0.337 e. The Morgan fingerprint density at radius 1 is 1.56 bits per heavy atom. The van der Waals surface area contributed by atoms with Gasteiger partial charge in [-0.25, -0.2) is 0 Å². The predicted molar refractivity (Wildman–Crippen MR) is 76.5 cm³/mol. The standard InChI is InChI=1S/C14H19BrN2O/c1-9-3-6-12(15)11(7-9)14(18)17(2)13(8-16)10-4-5-10/h3,6-7,10,13H,4-5,8,16H2,1-2H3. The normalized spacial score (nSPS) is 16.4. The largest absolute Gasteiger partial charge is 0.337 e. The quantitative estimate of drug-likeness (QED) is 0.929. The van der Waals surface area contributed by atoms with Crippen LogP contribution in [-0.4, -0.2) is 30.4 Å². The molecule has 2 rings (SSSR count). The zero-order valence-electron chi connectivity index (χ0n) is 10.8. The van der Waals surface area contributed by atoms with Gasteiger partial charge in [-0.3, -0.25) is 4.79 Å². The summed E-state index contributed by atoms with van der Waals surface area (Å²) >= 11 is 3.44. The van der Waals surface area contributed by atoms with E-state index in [-0.39, 0.29) is 11.9 Å². The molecule has 0 bridgehead atoms. The molecule has 0 heterocycles. The van der Waals surface area contributed by atoms with Gasteiger partial charge in [-0.1, -0.05) is 11.6 Å². The van der Waals surface area contributed by atoms with E-state index in [4.69, 9.17) is 5.73 Å². The minimum atomic E-state index is 0.0490. The van der Waals surface area contributed by atoms with Gasteiger partial charge in [0.2, 0.25) is 0 Å². The zero-order valence-corrected chi connectivity index (χ0v) is 12.4. The van der Waals surface area contributed by atoms with Gasteiger partial charge in [0.15, 0.2) is 0 Å². The van der Waals surface area contributed by atoms with Crippen LogP contribution < -0.4 is 5.73 Å². The fourth-order valence-electron chi connectivity index (χ4n) is 2.29. The van der Waals surface area contributed by atoms with Crippen molar-refractivity contribution in [1.82, 2.24) is 4.90 Å². The molecule has 1 aliphatic carbocycles. The van der Waals surface area contributed by atoms with Crippen molar-refractivity contribution in [3.8, 4) is 0 Å². The van der Waals surface area contributed by atoms with Crippen molar-refractivity contribution in [2.75, 3.05) is 13.6 Å². The number of hydrogen-bond acceptors (Lipinski definition) is 2. The fourth-order valence-corrected chi connectivity index (χ4v) is 2.71. The average Bonchev–Trinajstić information content (AvgIpc) is 3.16. The number of aryl methyl sites for hydroxylation is 1. The molecule has 4 heteroatoms. The summed E-state index contributed by atoms with van der Waals surface area (Å²) in [7, 11) is 1.85. The molecule has 0 radical (unpaired) electrons. The molecule has 1 aliphatic rings. The van der Waals surface area contributed by atoms with Gasteiger partial charge in [0.05, 0.1) is 5.56 Å². The number of likely N-dealkylation sites (N-methyl/N-ethyl adjacent to an activating group) is 1. The fraction of sp³-hybridized carbons (Fsp3) is 0.500. The Morgan fingerprint density at radius 2 is 2.22 bits per heavy atom. The van der Waals surface area contributed by atoms with Crippen LogP contribution in [0.15, 0.2) is 22.7 Å². The lowest BCUT2D eigenvalue weighted by atomic mass is 10.1. The van der Waals surface area contributed by atoms with Gasteiger partial charge in [-0.05, 0) is 53.7 Å². The van der Waals surface area contributed by atoms with Crippen LogP contribution in [0.5, 0.6) is 0 Å². The van der Waals surface area contributed by atoms with Gasteiger partial charge in [-0.15, -0.1) is 0 Å². The van der Waals surface area contributed by atoms with E-state index in [9.17, 15) is 4.79 Å². The first-order valence-corrected chi connectivity index (χ1v) is 7.07. The number of nitrogens with two attached hydrogens (primary N) is 1.